The Morgan fingerprint density at radius 1 is 1.16 bits per heavy atom. The second kappa shape index (κ2) is 8.96. The second-order valence-electron chi connectivity index (χ2n) is 8.23. The largest absolute Gasteiger partial charge is 0.477 e. The number of hydrogen-bond acceptors (Lipinski definition) is 7. The highest BCUT2D eigenvalue weighted by Gasteiger charge is 2.34. The molecule has 0 bridgehead atoms. The molecule has 0 spiro atoms. The first kappa shape index (κ1) is 20.4. The number of hydrogen-bond donors (Lipinski definition) is 2. The number of carbonyl (C=O) groups excluding carboxylic acids is 1. The van der Waals surface area contributed by atoms with Crippen molar-refractivity contribution in [1.29, 1.82) is 0 Å². The van der Waals surface area contributed by atoms with Gasteiger partial charge in [0.05, 0.1) is 43.3 Å². The zero-order valence-corrected chi connectivity index (χ0v) is 17.7. The fraction of sp³-hybridized carbons (Fsp3) is 0.391. The molecule has 2 N–H and O–H groups in total. The molecule has 1 aliphatic carbocycles. The number of aliphatic hydroxyl groups excluding tert-OH is 1. The van der Waals surface area contributed by atoms with Crippen LogP contribution < -0.4 is 15.0 Å². The lowest BCUT2D eigenvalue weighted by atomic mass is 9.92. The Morgan fingerprint density at radius 2 is 1.97 bits per heavy atom. The van der Waals surface area contributed by atoms with Gasteiger partial charge in [0, 0.05) is 12.4 Å². The minimum atomic E-state index is -0.678. The summed E-state index contributed by atoms with van der Waals surface area (Å²) in [6.07, 6.45) is 9.34. The first-order valence-electron chi connectivity index (χ1n) is 11.0. The summed E-state index contributed by atoms with van der Waals surface area (Å²) in [5.74, 6) is 1.08. The van der Waals surface area contributed by atoms with Gasteiger partial charge in [-0.25, -0.2) is 14.6 Å². The predicted molar refractivity (Wildman–Crippen MR) is 117 cm³/mol. The molecule has 9 nitrogen and oxygen atoms in total. The monoisotopic (exact) mass is 434 g/mol. The van der Waals surface area contributed by atoms with Crippen molar-refractivity contribution in [1.82, 2.24) is 25.1 Å². The first-order valence-corrected chi connectivity index (χ1v) is 11.0. The SMILES string of the molecule is O=C(N[C@H]1CCCC[C@@H]1O)C1CN(Cc2ncc(-n3cccn3)cn2)c2ccccc2O1. The molecule has 1 amide bonds. The summed E-state index contributed by atoms with van der Waals surface area (Å²) in [4.78, 5) is 24.0. The minimum Gasteiger partial charge on any atom is -0.477 e. The van der Waals surface area contributed by atoms with Gasteiger partial charge in [-0.1, -0.05) is 25.0 Å². The van der Waals surface area contributed by atoms with Crippen LogP contribution in [0.3, 0.4) is 0 Å². The number of rotatable bonds is 5. The van der Waals surface area contributed by atoms with E-state index in [2.05, 4.69) is 25.3 Å². The number of amides is 1. The van der Waals surface area contributed by atoms with Gasteiger partial charge in [0.25, 0.3) is 5.91 Å². The highest BCUT2D eigenvalue weighted by atomic mass is 16.5. The normalized spacial score (nSPS) is 22.7. The molecule has 5 rings (SSSR count). The number of para-hydroxylation sites is 2. The first-order chi connectivity index (χ1) is 15.7. The molecular formula is C23H26N6O3. The lowest BCUT2D eigenvalue weighted by Crippen LogP contribution is -2.54. The van der Waals surface area contributed by atoms with Gasteiger partial charge in [-0.05, 0) is 31.0 Å². The summed E-state index contributed by atoms with van der Waals surface area (Å²) >= 11 is 0. The van der Waals surface area contributed by atoms with Gasteiger partial charge in [0.2, 0.25) is 0 Å². The number of carbonyl (C=O) groups is 1. The van der Waals surface area contributed by atoms with Gasteiger partial charge in [0.15, 0.2) is 6.10 Å². The average Bonchev–Trinajstić information content (AvgIpc) is 3.36. The van der Waals surface area contributed by atoms with Crippen LogP contribution in [-0.2, 0) is 11.3 Å². The lowest BCUT2D eigenvalue weighted by Gasteiger charge is -2.36. The molecule has 2 aliphatic rings. The molecule has 3 heterocycles. The van der Waals surface area contributed by atoms with E-state index in [4.69, 9.17) is 4.74 Å². The quantitative estimate of drug-likeness (QED) is 0.631. The van der Waals surface area contributed by atoms with Crippen molar-refractivity contribution < 1.29 is 14.6 Å². The Morgan fingerprint density at radius 3 is 2.75 bits per heavy atom. The standard InChI is InChI=1S/C23H26N6O3/c30-19-8-3-1-6-17(19)27-23(31)21-14-28(18-7-2-4-9-20(18)32-21)15-22-24-12-16(13-25-22)29-11-5-10-26-29/h2,4-5,7,9-13,17,19,21,30H,1,3,6,8,14-15H2,(H,27,31)/t17-,19-,21?/m0/s1. The molecule has 3 atom stereocenters. The molecule has 0 radical (unpaired) electrons. The maximum atomic E-state index is 13.0. The molecule has 3 aromatic rings. The van der Waals surface area contributed by atoms with E-state index in [0.717, 1.165) is 37.1 Å². The van der Waals surface area contributed by atoms with Crippen LogP contribution in [0.2, 0.25) is 0 Å². The number of nitrogens with one attached hydrogen (secondary N) is 1. The van der Waals surface area contributed by atoms with Crippen molar-refractivity contribution in [3.05, 3.63) is 60.9 Å². The van der Waals surface area contributed by atoms with Gasteiger partial charge < -0.3 is 20.1 Å². The molecule has 166 valence electrons. The molecule has 1 aromatic carbocycles. The molecule has 32 heavy (non-hydrogen) atoms. The van der Waals surface area contributed by atoms with Crippen molar-refractivity contribution in [3.63, 3.8) is 0 Å². The van der Waals surface area contributed by atoms with Crippen molar-refractivity contribution in [2.24, 2.45) is 0 Å². The van der Waals surface area contributed by atoms with E-state index in [1.54, 1.807) is 23.3 Å². The van der Waals surface area contributed by atoms with E-state index in [1.807, 2.05) is 36.5 Å². The molecule has 2 aromatic heterocycles. The molecule has 1 fully saturated rings. The Bertz CT molecular complexity index is 1060. The Hall–Kier alpha value is -3.46. The van der Waals surface area contributed by atoms with E-state index in [0.29, 0.717) is 24.7 Å². The third-order valence-corrected chi connectivity index (χ3v) is 6.00. The number of ether oxygens (including phenoxy) is 1. The molecule has 1 unspecified atom stereocenters. The number of fused-ring (bicyclic) bond motifs is 1. The van der Waals surface area contributed by atoms with Gasteiger partial charge in [-0.3, -0.25) is 4.79 Å². The second-order valence-corrected chi connectivity index (χ2v) is 8.23. The van der Waals surface area contributed by atoms with Crippen LogP contribution in [0.5, 0.6) is 5.75 Å². The Labute approximate surface area is 186 Å². The van der Waals surface area contributed by atoms with Gasteiger partial charge >= 0.3 is 0 Å². The van der Waals surface area contributed by atoms with Crippen LogP contribution in [0.4, 0.5) is 5.69 Å². The van der Waals surface area contributed by atoms with Gasteiger partial charge in [-0.15, -0.1) is 0 Å². The van der Waals surface area contributed by atoms with E-state index in [9.17, 15) is 9.90 Å². The summed E-state index contributed by atoms with van der Waals surface area (Å²) in [6, 6.07) is 9.28. The molecule has 0 saturated heterocycles. The van der Waals surface area contributed by atoms with Crippen LogP contribution in [0, 0.1) is 0 Å². The van der Waals surface area contributed by atoms with Crippen LogP contribution in [0.25, 0.3) is 5.69 Å². The van der Waals surface area contributed by atoms with Crippen LogP contribution in [-0.4, -0.2) is 55.6 Å². The van der Waals surface area contributed by atoms with E-state index >= 15 is 0 Å². The van der Waals surface area contributed by atoms with Gasteiger partial charge in [-0.2, -0.15) is 5.10 Å². The Balaban J connectivity index is 1.31. The summed E-state index contributed by atoms with van der Waals surface area (Å²) in [5, 5.41) is 17.4. The highest BCUT2D eigenvalue weighted by Crippen LogP contribution is 2.34. The summed E-state index contributed by atoms with van der Waals surface area (Å²) < 4.78 is 7.72. The third kappa shape index (κ3) is 4.29. The van der Waals surface area contributed by atoms with Crippen LogP contribution in [0.15, 0.2) is 55.1 Å². The topological polar surface area (TPSA) is 105 Å². The predicted octanol–water partition coefficient (Wildman–Crippen LogP) is 1.85. The molecular weight excluding hydrogens is 408 g/mol. The fourth-order valence-corrected chi connectivity index (χ4v) is 4.29. The fourth-order valence-electron chi connectivity index (χ4n) is 4.29. The average molecular weight is 435 g/mol. The number of nitrogens with zero attached hydrogens (tertiary/aromatic N) is 5. The van der Waals surface area contributed by atoms with Gasteiger partial charge in [0.1, 0.15) is 17.3 Å². The smallest absolute Gasteiger partial charge is 0.263 e. The van der Waals surface area contributed by atoms with Crippen LogP contribution in [0.1, 0.15) is 31.5 Å². The third-order valence-electron chi connectivity index (χ3n) is 6.00. The zero-order chi connectivity index (χ0) is 21.9. The van der Waals surface area contributed by atoms with E-state index in [-0.39, 0.29) is 11.9 Å². The number of anilines is 1. The maximum absolute atomic E-state index is 13.0. The van der Waals surface area contributed by atoms with Crippen molar-refractivity contribution in [2.45, 2.75) is 50.5 Å². The lowest BCUT2D eigenvalue weighted by molar-refractivity contribution is -0.129. The highest BCUT2D eigenvalue weighted by molar-refractivity contribution is 5.83. The Kier molecular flexibility index (Phi) is 5.72. The van der Waals surface area contributed by atoms with Crippen molar-refractivity contribution in [2.75, 3.05) is 11.4 Å². The van der Waals surface area contributed by atoms with E-state index < -0.39 is 12.2 Å². The van der Waals surface area contributed by atoms with E-state index in [1.165, 1.54) is 0 Å². The summed E-state index contributed by atoms with van der Waals surface area (Å²) in [7, 11) is 0. The molecule has 9 heteroatoms. The zero-order valence-electron chi connectivity index (χ0n) is 17.7. The van der Waals surface area contributed by atoms with Crippen molar-refractivity contribution in [3.8, 4) is 11.4 Å². The number of aliphatic hydroxyl groups is 1. The summed E-state index contributed by atoms with van der Waals surface area (Å²) in [5.41, 5.74) is 1.68. The summed E-state index contributed by atoms with van der Waals surface area (Å²) in [6.45, 7) is 0.811. The maximum Gasteiger partial charge on any atom is 0.263 e. The number of aromatic nitrogens is 4. The molecule has 1 saturated carbocycles. The van der Waals surface area contributed by atoms with Crippen LogP contribution >= 0.6 is 0 Å². The minimum absolute atomic E-state index is 0.203. The molecule has 1 aliphatic heterocycles. The number of benzene rings is 1. The van der Waals surface area contributed by atoms with Crippen molar-refractivity contribution >= 4 is 11.6 Å².